The minimum atomic E-state index is -0.538. The van der Waals surface area contributed by atoms with E-state index < -0.39 is 11.9 Å². The fraction of sp³-hybridized carbons (Fsp3) is 0.385. The first kappa shape index (κ1) is 14.5. The minimum absolute atomic E-state index is 0.253. The van der Waals surface area contributed by atoms with Crippen molar-refractivity contribution in [1.29, 1.82) is 0 Å². The first-order valence-electron chi connectivity index (χ1n) is 6.16. The highest BCUT2D eigenvalue weighted by Gasteiger charge is 2.29. The highest BCUT2D eigenvalue weighted by atomic mass is 32.1. The molecule has 0 aliphatic carbocycles. The molecule has 2 rings (SSSR count). The maximum absolute atomic E-state index is 11.6. The summed E-state index contributed by atoms with van der Waals surface area (Å²) in [4.78, 5) is 13.7. The van der Waals surface area contributed by atoms with Gasteiger partial charge in [0.15, 0.2) is 0 Å². The number of methoxy groups -OCH3 is 1. The lowest BCUT2D eigenvalue weighted by Gasteiger charge is -2.36. The van der Waals surface area contributed by atoms with E-state index in [1.807, 2.05) is 4.90 Å². The van der Waals surface area contributed by atoms with Crippen LogP contribution in [-0.4, -0.2) is 43.8 Å². The third-order valence-corrected chi connectivity index (χ3v) is 3.46. The van der Waals surface area contributed by atoms with Gasteiger partial charge in [-0.3, -0.25) is 4.79 Å². The number of anilines is 1. The number of morpholine rings is 1. The zero-order valence-corrected chi connectivity index (χ0v) is 12.0. The molecule has 20 heavy (non-hydrogen) atoms. The Balaban J connectivity index is 2.47. The molecule has 7 heteroatoms. The Kier molecular flexibility index (Phi) is 4.41. The molecular weight excluding hydrogens is 278 g/mol. The van der Waals surface area contributed by atoms with E-state index in [1.54, 1.807) is 25.3 Å². The predicted molar refractivity (Wildman–Crippen MR) is 80.0 cm³/mol. The highest BCUT2D eigenvalue weighted by Crippen LogP contribution is 2.29. The van der Waals surface area contributed by atoms with Crippen LogP contribution in [0.2, 0.25) is 0 Å². The summed E-state index contributed by atoms with van der Waals surface area (Å²) >= 11 is 5.07. The molecular formula is C13H17N3O3S. The van der Waals surface area contributed by atoms with E-state index in [4.69, 9.17) is 33.2 Å². The lowest BCUT2D eigenvalue weighted by atomic mass is 10.1. The van der Waals surface area contributed by atoms with Crippen LogP contribution in [0.3, 0.4) is 0 Å². The summed E-state index contributed by atoms with van der Waals surface area (Å²) in [6, 6.07) is 4.82. The zero-order chi connectivity index (χ0) is 14.7. The van der Waals surface area contributed by atoms with Gasteiger partial charge in [-0.2, -0.15) is 0 Å². The van der Waals surface area contributed by atoms with Crippen LogP contribution in [0.1, 0.15) is 5.56 Å². The van der Waals surface area contributed by atoms with Crippen molar-refractivity contribution >= 4 is 28.8 Å². The van der Waals surface area contributed by atoms with Gasteiger partial charge >= 0.3 is 0 Å². The van der Waals surface area contributed by atoms with E-state index in [0.717, 1.165) is 5.69 Å². The Hall–Kier alpha value is -1.86. The Morgan fingerprint density at radius 3 is 2.85 bits per heavy atom. The Labute approximate surface area is 122 Å². The van der Waals surface area contributed by atoms with E-state index in [1.165, 1.54) is 0 Å². The number of ether oxygens (including phenoxy) is 2. The fourth-order valence-electron chi connectivity index (χ4n) is 2.21. The molecule has 1 heterocycles. The molecule has 0 spiro atoms. The number of nitrogens with zero attached hydrogens (tertiary/aromatic N) is 1. The summed E-state index contributed by atoms with van der Waals surface area (Å²) in [5.74, 6) is 0.219. The Morgan fingerprint density at radius 2 is 2.25 bits per heavy atom. The van der Waals surface area contributed by atoms with Gasteiger partial charge in [0, 0.05) is 18.2 Å². The molecule has 1 saturated heterocycles. The molecule has 1 aliphatic rings. The average Bonchev–Trinajstić information content (AvgIpc) is 2.46. The molecule has 1 fully saturated rings. The number of amides is 1. The van der Waals surface area contributed by atoms with Crippen LogP contribution < -0.4 is 21.1 Å². The van der Waals surface area contributed by atoms with Crippen molar-refractivity contribution in [3.8, 4) is 5.75 Å². The molecule has 6 nitrogen and oxygen atoms in total. The van der Waals surface area contributed by atoms with E-state index in [0.29, 0.717) is 24.5 Å². The quantitative estimate of drug-likeness (QED) is 0.761. The van der Waals surface area contributed by atoms with Gasteiger partial charge in [-0.05, 0) is 12.1 Å². The number of rotatable bonds is 4. The van der Waals surface area contributed by atoms with E-state index in [-0.39, 0.29) is 11.6 Å². The molecule has 1 atom stereocenters. The second kappa shape index (κ2) is 6.06. The van der Waals surface area contributed by atoms with Crippen LogP contribution in [-0.2, 0) is 9.53 Å². The molecule has 0 aromatic heterocycles. The van der Waals surface area contributed by atoms with E-state index in [2.05, 4.69) is 0 Å². The molecule has 1 unspecified atom stereocenters. The molecule has 1 amide bonds. The largest absolute Gasteiger partial charge is 0.497 e. The minimum Gasteiger partial charge on any atom is -0.497 e. The van der Waals surface area contributed by atoms with Crippen LogP contribution in [0.25, 0.3) is 0 Å². The summed E-state index contributed by atoms with van der Waals surface area (Å²) in [7, 11) is 1.57. The van der Waals surface area contributed by atoms with E-state index >= 15 is 0 Å². The number of hydrogen-bond acceptors (Lipinski definition) is 5. The first-order chi connectivity index (χ1) is 9.54. The molecule has 0 saturated carbocycles. The maximum atomic E-state index is 11.6. The summed E-state index contributed by atoms with van der Waals surface area (Å²) in [6.07, 6.45) is 0. The molecule has 4 N–H and O–H groups in total. The number of carbonyl (C=O) groups is 1. The van der Waals surface area contributed by atoms with Crippen LogP contribution in [0, 0.1) is 0 Å². The van der Waals surface area contributed by atoms with Crippen molar-refractivity contribution in [1.82, 2.24) is 0 Å². The summed E-state index contributed by atoms with van der Waals surface area (Å²) in [6.45, 7) is 1.30. The van der Waals surface area contributed by atoms with Crippen LogP contribution in [0.15, 0.2) is 18.2 Å². The van der Waals surface area contributed by atoms with Crippen molar-refractivity contribution < 1.29 is 14.3 Å². The maximum Gasteiger partial charge on any atom is 0.242 e. The lowest BCUT2D eigenvalue weighted by molar-refractivity contribution is -0.121. The van der Waals surface area contributed by atoms with Crippen LogP contribution in [0.5, 0.6) is 5.75 Å². The molecule has 1 aliphatic heterocycles. The number of carbonyl (C=O) groups excluding carboxylic acids is 1. The van der Waals surface area contributed by atoms with Gasteiger partial charge in [-0.25, -0.2) is 0 Å². The lowest BCUT2D eigenvalue weighted by Crippen LogP contribution is -2.53. The van der Waals surface area contributed by atoms with E-state index in [9.17, 15) is 4.79 Å². The van der Waals surface area contributed by atoms with Gasteiger partial charge in [0.2, 0.25) is 5.91 Å². The van der Waals surface area contributed by atoms with Gasteiger partial charge in [-0.1, -0.05) is 12.2 Å². The molecule has 1 aromatic rings. The van der Waals surface area contributed by atoms with Gasteiger partial charge in [0.25, 0.3) is 0 Å². The van der Waals surface area contributed by atoms with Gasteiger partial charge in [0.1, 0.15) is 16.8 Å². The van der Waals surface area contributed by atoms with Crippen molar-refractivity contribution in [2.75, 3.05) is 31.8 Å². The topological polar surface area (TPSA) is 90.8 Å². The van der Waals surface area contributed by atoms with Crippen LogP contribution >= 0.6 is 12.2 Å². The average molecular weight is 295 g/mol. The van der Waals surface area contributed by atoms with Crippen molar-refractivity contribution in [3.63, 3.8) is 0 Å². The van der Waals surface area contributed by atoms with Crippen molar-refractivity contribution in [2.24, 2.45) is 11.5 Å². The summed E-state index contributed by atoms with van der Waals surface area (Å²) in [5.41, 5.74) is 12.6. The standard InChI is InChI=1S/C13H17N3O3S/c1-18-8-2-3-9(13(15)20)10(6-8)16-4-5-19-7-11(16)12(14)17/h2-3,6,11H,4-5,7H2,1H3,(H2,14,17)(H2,15,20). The predicted octanol–water partition coefficient (Wildman–Crippen LogP) is 0.0199. The van der Waals surface area contributed by atoms with Gasteiger partial charge < -0.3 is 25.8 Å². The monoisotopic (exact) mass is 295 g/mol. The second-order valence-corrected chi connectivity index (χ2v) is 4.87. The SMILES string of the molecule is COc1ccc(C(N)=S)c(N2CCOCC2C(N)=O)c1. The fourth-order valence-corrected chi connectivity index (χ4v) is 2.38. The van der Waals surface area contributed by atoms with Gasteiger partial charge in [0.05, 0.1) is 26.0 Å². The normalized spacial score (nSPS) is 18.6. The number of primary amides is 1. The Bertz CT molecular complexity index is 536. The third-order valence-electron chi connectivity index (χ3n) is 3.24. The third kappa shape index (κ3) is 2.83. The van der Waals surface area contributed by atoms with Crippen LogP contribution in [0.4, 0.5) is 5.69 Å². The molecule has 0 bridgehead atoms. The second-order valence-electron chi connectivity index (χ2n) is 4.43. The zero-order valence-electron chi connectivity index (χ0n) is 11.2. The number of benzene rings is 1. The van der Waals surface area contributed by atoms with Crippen molar-refractivity contribution in [3.05, 3.63) is 23.8 Å². The molecule has 0 radical (unpaired) electrons. The highest BCUT2D eigenvalue weighted by molar-refractivity contribution is 7.80. The van der Waals surface area contributed by atoms with Gasteiger partial charge in [-0.15, -0.1) is 0 Å². The molecule has 1 aromatic carbocycles. The first-order valence-corrected chi connectivity index (χ1v) is 6.57. The number of hydrogen-bond donors (Lipinski definition) is 2. The molecule has 108 valence electrons. The summed E-state index contributed by atoms with van der Waals surface area (Å²) < 4.78 is 10.5. The van der Waals surface area contributed by atoms with Crippen molar-refractivity contribution in [2.45, 2.75) is 6.04 Å². The number of thiocarbonyl (C=S) groups is 1. The number of nitrogens with two attached hydrogens (primary N) is 2. The summed E-state index contributed by atoms with van der Waals surface area (Å²) in [5, 5.41) is 0. The smallest absolute Gasteiger partial charge is 0.242 e. The Morgan fingerprint density at radius 1 is 1.50 bits per heavy atom.